The first-order valence-electron chi connectivity index (χ1n) is 33.3. The van der Waals surface area contributed by atoms with Crippen LogP contribution in [-0.4, -0.2) is 222 Å². The van der Waals surface area contributed by atoms with E-state index in [2.05, 4.69) is 79.3 Å². The van der Waals surface area contributed by atoms with Gasteiger partial charge in [0.05, 0.1) is 135 Å². The zero-order valence-electron chi connectivity index (χ0n) is 54.2. The van der Waals surface area contributed by atoms with E-state index in [4.69, 9.17) is 52.1 Å². The van der Waals surface area contributed by atoms with E-state index in [1.807, 2.05) is 6.07 Å². The van der Waals surface area contributed by atoms with Crippen molar-refractivity contribution in [1.82, 2.24) is 29.9 Å². The number of nitrogens with one attached hydrogen (secondary N) is 4. The highest BCUT2D eigenvalue weighted by Gasteiger charge is 2.40. The fraction of sp³-hybridized carbons (Fsp3) is 0.618. The first-order valence-corrected chi connectivity index (χ1v) is 36.3. The molecule has 2 unspecified atom stereocenters. The van der Waals surface area contributed by atoms with Crippen molar-refractivity contribution >= 4 is 31.9 Å². The zero-order valence-corrected chi connectivity index (χ0v) is 55.9. The predicted octanol–water partition coefficient (Wildman–Crippen LogP) is 5.80. The number of carbonyl (C=O) groups is 2. The van der Waals surface area contributed by atoms with Crippen LogP contribution in [0.4, 0.5) is 0 Å². The van der Waals surface area contributed by atoms with Crippen molar-refractivity contribution < 1.29 is 78.5 Å². The normalized spacial score (nSPS) is 19.4. The molecule has 93 heavy (non-hydrogen) atoms. The molecule has 2 aliphatic heterocycles. The number of carbonyl (C=O) groups excluding carboxylic acids is 2. The standard InChI is InChI=1S/C68H100N6O17S2/c1-54-63(73-30-8-2-9-31-73)52-55-12-4-6-14-61(55)67(54)90-57-16-20-59(21-17-57)92(77,78)71-28-38-85-44-42-83-36-26-69-65(75)24-34-81-40-46-87-48-50-89-51-49-88-47-41-82-35-25-66(76)70-27-37-84-43-45-86-39-29-72-93(79,80)60-22-18-58(19-23-60)91-68-62-15-7-5-13-56(62)53-64(68)74-32-10-3-11-33-74/h4-7,12-23,54,63-64,67-68,71-72H,2-3,8-11,24-53H2,1H3,(H,69,75)(H,70,76)/t54-,63?,64+,67?,68+/m1/s1. The topological polar surface area (TPSA) is 259 Å². The van der Waals surface area contributed by atoms with E-state index in [0.29, 0.717) is 110 Å². The van der Waals surface area contributed by atoms with Gasteiger partial charge in [-0.1, -0.05) is 68.3 Å². The summed E-state index contributed by atoms with van der Waals surface area (Å²) in [4.78, 5) is 29.8. The number of benzene rings is 4. The minimum absolute atomic E-state index is 0.103. The number of hydrogen-bond acceptors (Lipinski definition) is 19. The third kappa shape index (κ3) is 25.4. The average Bonchev–Trinajstić information content (AvgIpc) is 1.78. The van der Waals surface area contributed by atoms with Crippen LogP contribution in [0.25, 0.3) is 0 Å². The number of piperidine rings is 2. The van der Waals surface area contributed by atoms with Crippen LogP contribution in [0.15, 0.2) is 107 Å². The highest BCUT2D eigenvalue weighted by molar-refractivity contribution is 7.89. The van der Waals surface area contributed by atoms with Crippen LogP contribution in [0.5, 0.6) is 11.5 Å². The highest BCUT2D eigenvalue weighted by atomic mass is 32.2. The number of ether oxygens (including phenoxy) is 11. The van der Waals surface area contributed by atoms with Crippen molar-refractivity contribution in [2.75, 3.05) is 171 Å². The Morgan fingerprint density at radius 2 is 0.731 bits per heavy atom. The molecular weight excluding hydrogens is 1240 g/mol. The van der Waals surface area contributed by atoms with Gasteiger partial charge in [-0.3, -0.25) is 19.4 Å². The number of sulfonamides is 2. The summed E-state index contributed by atoms with van der Waals surface area (Å²) in [6, 6.07) is 30.8. The SMILES string of the molecule is C[C@H]1C(Oc2ccc(S(=O)(=O)NCCOCCOCCNC(=O)CCOCCOCCOCCOCCOCCC(=O)NCCOCCOCCNS(=O)(=O)c3ccc(O[C@H]4c5ccccc5C[C@@H]4N4CCCCC4)cc3)cc2)c2ccccc2CC1N1CCCCC1. The largest absolute Gasteiger partial charge is 0.485 e. The lowest BCUT2D eigenvalue weighted by Gasteiger charge is -2.44. The number of fused-ring (bicyclic) bond motifs is 2. The predicted molar refractivity (Wildman–Crippen MR) is 351 cm³/mol. The summed E-state index contributed by atoms with van der Waals surface area (Å²) in [6.45, 7) is 13.1. The molecule has 2 fully saturated rings. The second kappa shape index (κ2) is 41.0. The summed E-state index contributed by atoms with van der Waals surface area (Å²) in [6.07, 6.45) is 9.55. The monoisotopic (exact) mass is 1340 g/mol. The number of hydrogen-bond donors (Lipinski definition) is 4. The van der Waals surface area contributed by atoms with Gasteiger partial charge in [0.2, 0.25) is 31.9 Å². The van der Waals surface area contributed by atoms with E-state index in [-0.39, 0.29) is 111 Å². The van der Waals surface area contributed by atoms with Crippen LogP contribution >= 0.6 is 0 Å². The van der Waals surface area contributed by atoms with Gasteiger partial charge >= 0.3 is 0 Å². The highest BCUT2D eigenvalue weighted by Crippen LogP contribution is 2.42. The first kappa shape index (κ1) is 73.6. The van der Waals surface area contributed by atoms with Gasteiger partial charge in [0.15, 0.2) is 0 Å². The summed E-state index contributed by atoms with van der Waals surface area (Å²) in [5.74, 6) is 1.24. The third-order valence-electron chi connectivity index (χ3n) is 16.9. The van der Waals surface area contributed by atoms with Crippen LogP contribution < -0.4 is 29.6 Å². The van der Waals surface area contributed by atoms with E-state index >= 15 is 0 Å². The maximum atomic E-state index is 13.0. The van der Waals surface area contributed by atoms with Crippen LogP contribution in [0.1, 0.15) is 92.8 Å². The molecule has 2 saturated heterocycles. The summed E-state index contributed by atoms with van der Waals surface area (Å²) < 4.78 is 120. The Hall–Kier alpha value is -5.20. The molecule has 0 bridgehead atoms. The Balaban J connectivity index is 0.516. The summed E-state index contributed by atoms with van der Waals surface area (Å²) in [7, 11) is -7.49. The number of likely N-dealkylation sites (tertiary alicyclic amines) is 2. The first-order chi connectivity index (χ1) is 45.4. The molecule has 4 N–H and O–H groups in total. The molecule has 4 aliphatic rings. The minimum Gasteiger partial charge on any atom is -0.485 e. The molecule has 516 valence electrons. The fourth-order valence-corrected chi connectivity index (χ4v) is 14.1. The summed E-state index contributed by atoms with van der Waals surface area (Å²) in [5, 5.41) is 5.57. The van der Waals surface area contributed by atoms with Gasteiger partial charge in [-0.05, 0) is 135 Å². The van der Waals surface area contributed by atoms with E-state index < -0.39 is 20.0 Å². The van der Waals surface area contributed by atoms with Gasteiger partial charge in [-0.2, -0.15) is 0 Å². The lowest BCUT2D eigenvalue weighted by molar-refractivity contribution is -0.123. The zero-order chi connectivity index (χ0) is 65.2. The Labute approximate surface area is 550 Å². The van der Waals surface area contributed by atoms with Crippen LogP contribution in [0.2, 0.25) is 0 Å². The van der Waals surface area contributed by atoms with Crippen molar-refractivity contribution in [2.45, 2.75) is 105 Å². The second-order valence-corrected chi connectivity index (χ2v) is 27.1. The third-order valence-corrected chi connectivity index (χ3v) is 19.9. The van der Waals surface area contributed by atoms with Crippen molar-refractivity contribution in [3.05, 3.63) is 119 Å². The molecule has 23 nitrogen and oxygen atoms in total. The summed E-state index contributed by atoms with van der Waals surface area (Å²) in [5.41, 5.74) is 5.03. The second-order valence-electron chi connectivity index (χ2n) is 23.5. The average molecular weight is 1340 g/mol. The van der Waals surface area contributed by atoms with Crippen molar-refractivity contribution in [3.8, 4) is 11.5 Å². The molecule has 2 amide bonds. The molecule has 0 radical (unpaired) electrons. The van der Waals surface area contributed by atoms with Gasteiger partial charge in [0, 0.05) is 51.0 Å². The molecule has 4 aromatic rings. The van der Waals surface area contributed by atoms with Gasteiger partial charge in [0.25, 0.3) is 0 Å². The molecule has 0 saturated carbocycles. The van der Waals surface area contributed by atoms with Crippen molar-refractivity contribution in [1.29, 1.82) is 0 Å². The maximum absolute atomic E-state index is 13.0. The number of nitrogens with zero attached hydrogens (tertiary/aromatic N) is 2. The molecule has 25 heteroatoms. The molecule has 0 spiro atoms. The lowest BCUT2D eigenvalue weighted by Crippen LogP contribution is -2.48. The fourth-order valence-electron chi connectivity index (χ4n) is 12.0. The molecule has 8 rings (SSSR count). The number of amides is 2. The molecule has 0 aromatic heterocycles. The molecule has 4 aromatic carbocycles. The lowest BCUT2D eigenvalue weighted by atomic mass is 9.77. The van der Waals surface area contributed by atoms with Crippen LogP contribution in [0, 0.1) is 5.92 Å². The maximum Gasteiger partial charge on any atom is 0.240 e. The van der Waals surface area contributed by atoms with Gasteiger partial charge in [-0.25, -0.2) is 26.3 Å². The number of rotatable bonds is 46. The van der Waals surface area contributed by atoms with Crippen LogP contribution in [0.3, 0.4) is 0 Å². The molecule has 2 aliphatic carbocycles. The Morgan fingerprint density at radius 1 is 0.398 bits per heavy atom. The minimum atomic E-state index is -3.75. The van der Waals surface area contributed by atoms with Gasteiger partial charge in [-0.15, -0.1) is 0 Å². The van der Waals surface area contributed by atoms with Gasteiger partial charge in [0.1, 0.15) is 23.7 Å². The Bertz CT molecular complexity index is 3010. The Kier molecular flexibility index (Phi) is 32.5. The van der Waals surface area contributed by atoms with Crippen LogP contribution in [-0.2, 0) is 85.1 Å². The van der Waals surface area contributed by atoms with E-state index in [9.17, 15) is 26.4 Å². The smallest absolute Gasteiger partial charge is 0.240 e. The van der Waals surface area contributed by atoms with E-state index in [0.717, 1.165) is 39.0 Å². The molecule has 2 heterocycles. The molecule has 5 atom stereocenters. The van der Waals surface area contributed by atoms with Crippen molar-refractivity contribution in [2.24, 2.45) is 5.92 Å². The quantitative estimate of drug-likeness (QED) is 0.0381. The Morgan fingerprint density at radius 3 is 1.15 bits per heavy atom. The van der Waals surface area contributed by atoms with Crippen molar-refractivity contribution in [3.63, 3.8) is 0 Å². The summed E-state index contributed by atoms with van der Waals surface area (Å²) >= 11 is 0. The van der Waals surface area contributed by atoms with Gasteiger partial charge < -0.3 is 62.7 Å². The van der Waals surface area contributed by atoms with E-state index in [1.54, 1.807) is 48.5 Å². The molecular formula is C68H100N6O17S2. The van der Waals surface area contributed by atoms with E-state index in [1.165, 1.54) is 60.8 Å².